The molecule has 128 valence electrons. The van der Waals surface area contributed by atoms with Gasteiger partial charge in [-0.05, 0) is 37.2 Å². The first kappa shape index (κ1) is 17.0. The third-order valence-electron chi connectivity index (χ3n) is 4.08. The number of carbonyl (C=O) groups excluding carboxylic acids is 2. The molecule has 1 aliphatic heterocycles. The third-order valence-corrected chi connectivity index (χ3v) is 5.58. The molecule has 1 saturated carbocycles. The summed E-state index contributed by atoms with van der Waals surface area (Å²) >= 11 is 6.57. The van der Waals surface area contributed by atoms with Gasteiger partial charge < -0.3 is 10.6 Å². The van der Waals surface area contributed by atoms with Crippen LogP contribution >= 0.6 is 24.0 Å². The molecule has 1 aromatic rings. The van der Waals surface area contributed by atoms with Gasteiger partial charge in [0.1, 0.15) is 0 Å². The van der Waals surface area contributed by atoms with Gasteiger partial charge in [0.25, 0.3) is 0 Å². The first-order valence-electron chi connectivity index (χ1n) is 8.04. The number of hydrogen-bond acceptors (Lipinski definition) is 4. The number of benzene rings is 1. The zero-order valence-corrected chi connectivity index (χ0v) is 14.8. The van der Waals surface area contributed by atoms with E-state index in [1.54, 1.807) is 0 Å². The van der Waals surface area contributed by atoms with Gasteiger partial charge in [-0.2, -0.15) is 0 Å². The van der Waals surface area contributed by atoms with Crippen molar-refractivity contribution in [2.75, 3.05) is 5.32 Å². The van der Waals surface area contributed by atoms with Gasteiger partial charge in [-0.1, -0.05) is 25.0 Å². The van der Waals surface area contributed by atoms with Crippen LogP contribution in [0.2, 0.25) is 0 Å². The third kappa shape index (κ3) is 4.39. The molecule has 1 heterocycles. The largest absolute Gasteiger partial charge is 0.359 e. The molecule has 1 aromatic carbocycles. The number of hydrazine groups is 1. The number of para-hydroxylation sites is 1. The van der Waals surface area contributed by atoms with E-state index in [2.05, 4.69) is 21.5 Å². The van der Waals surface area contributed by atoms with Gasteiger partial charge in [0.2, 0.25) is 11.8 Å². The first-order valence-corrected chi connectivity index (χ1v) is 9.32. The average molecular weight is 364 g/mol. The van der Waals surface area contributed by atoms with Crippen molar-refractivity contribution in [2.24, 2.45) is 0 Å². The quantitative estimate of drug-likeness (QED) is 0.485. The topological polar surface area (TPSA) is 82.3 Å². The summed E-state index contributed by atoms with van der Waals surface area (Å²) in [6, 6.07) is 7.96. The Morgan fingerprint density at radius 1 is 1.25 bits per heavy atom. The lowest BCUT2D eigenvalue weighted by molar-refractivity contribution is -0.124. The van der Waals surface area contributed by atoms with Crippen molar-refractivity contribution < 1.29 is 9.59 Å². The van der Waals surface area contributed by atoms with Gasteiger partial charge in [-0.3, -0.25) is 20.4 Å². The Labute approximate surface area is 150 Å². The molecule has 0 bridgehead atoms. The minimum atomic E-state index is -0.446. The smallest absolute Gasteiger partial charge is 0.240 e. The Morgan fingerprint density at radius 2 is 2.00 bits per heavy atom. The average Bonchev–Trinajstić information content (AvgIpc) is 3.06. The SMILES string of the molecule is O=C(C[C@H]1Sc2ccccc2NC1=O)NNC(=S)NC1CCCC1. The van der Waals surface area contributed by atoms with Gasteiger partial charge in [0, 0.05) is 17.4 Å². The molecule has 2 amide bonds. The summed E-state index contributed by atoms with van der Waals surface area (Å²) in [5.74, 6) is -0.418. The summed E-state index contributed by atoms with van der Waals surface area (Å²) in [7, 11) is 0. The van der Waals surface area contributed by atoms with Crippen molar-refractivity contribution >= 4 is 46.6 Å². The lowest BCUT2D eigenvalue weighted by Crippen LogP contribution is -2.50. The van der Waals surface area contributed by atoms with E-state index in [1.807, 2.05) is 24.3 Å². The fraction of sp³-hybridized carbons (Fsp3) is 0.438. The number of amides is 2. The standard InChI is InChI=1S/C16H20N4O2S2/c21-14(19-20-16(23)17-10-5-1-2-6-10)9-13-15(22)18-11-7-3-4-8-12(11)24-13/h3-4,7-8,10,13H,1-2,5-6,9H2,(H,18,22)(H,19,21)(H2,17,20,23)/t13-/m1/s1. The van der Waals surface area contributed by atoms with Crippen LogP contribution in [0.15, 0.2) is 29.2 Å². The monoisotopic (exact) mass is 364 g/mol. The highest BCUT2D eigenvalue weighted by Crippen LogP contribution is 2.36. The summed E-state index contributed by atoms with van der Waals surface area (Å²) in [5.41, 5.74) is 6.07. The van der Waals surface area contributed by atoms with Gasteiger partial charge in [0.05, 0.1) is 10.9 Å². The van der Waals surface area contributed by atoms with Crippen molar-refractivity contribution in [1.82, 2.24) is 16.2 Å². The van der Waals surface area contributed by atoms with Crippen LogP contribution in [0, 0.1) is 0 Å². The Hall–Kier alpha value is -1.80. The molecule has 1 aliphatic carbocycles. The second-order valence-corrected chi connectivity index (χ2v) is 7.58. The maximum Gasteiger partial charge on any atom is 0.240 e. The zero-order chi connectivity index (χ0) is 16.9. The maximum absolute atomic E-state index is 12.1. The van der Waals surface area contributed by atoms with Crippen molar-refractivity contribution in [2.45, 2.75) is 48.3 Å². The molecule has 8 heteroatoms. The van der Waals surface area contributed by atoms with Crippen molar-refractivity contribution in [3.8, 4) is 0 Å². The Bertz CT molecular complexity index is 647. The van der Waals surface area contributed by atoms with Crippen LogP contribution in [-0.4, -0.2) is 28.2 Å². The molecule has 0 spiro atoms. The molecule has 0 radical (unpaired) electrons. The molecule has 6 nitrogen and oxygen atoms in total. The molecule has 24 heavy (non-hydrogen) atoms. The fourth-order valence-electron chi connectivity index (χ4n) is 2.86. The van der Waals surface area contributed by atoms with Crippen molar-refractivity contribution in [1.29, 1.82) is 0 Å². The van der Waals surface area contributed by atoms with E-state index in [0.717, 1.165) is 23.4 Å². The lowest BCUT2D eigenvalue weighted by Gasteiger charge is -2.23. The molecule has 0 saturated heterocycles. The van der Waals surface area contributed by atoms with Crippen LogP contribution in [0.25, 0.3) is 0 Å². The number of rotatable bonds is 3. The van der Waals surface area contributed by atoms with Gasteiger partial charge >= 0.3 is 0 Å². The predicted molar refractivity (Wildman–Crippen MR) is 98.6 cm³/mol. The number of anilines is 1. The zero-order valence-electron chi connectivity index (χ0n) is 13.1. The minimum absolute atomic E-state index is 0.0872. The molecule has 4 N–H and O–H groups in total. The summed E-state index contributed by atoms with van der Waals surface area (Å²) in [6.45, 7) is 0. The normalized spacial score (nSPS) is 20.0. The highest BCUT2D eigenvalue weighted by Gasteiger charge is 2.28. The van der Waals surface area contributed by atoms with E-state index in [9.17, 15) is 9.59 Å². The van der Waals surface area contributed by atoms with Crippen molar-refractivity contribution in [3.63, 3.8) is 0 Å². The summed E-state index contributed by atoms with van der Waals surface area (Å²) in [4.78, 5) is 25.1. The number of nitrogens with one attached hydrogen (secondary N) is 4. The number of carbonyl (C=O) groups is 2. The van der Waals surface area contributed by atoms with Crippen LogP contribution in [0.4, 0.5) is 5.69 Å². The second-order valence-electron chi connectivity index (χ2n) is 5.92. The van der Waals surface area contributed by atoms with E-state index in [-0.39, 0.29) is 18.2 Å². The Balaban J connectivity index is 1.45. The van der Waals surface area contributed by atoms with E-state index >= 15 is 0 Å². The second kappa shape index (κ2) is 7.85. The number of thiocarbonyl (C=S) groups is 1. The fourth-order valence-corrected chi connectivity index (χ4v) is 4.19. The number of hydrogen-bond donors (Lipinski definition) is 4. The van der Waals surface area contributed by atoms with E-state index in [4.69, 9.17) is 12.2 Å². The van der Waals surface area contributed by atoms with Gasteiger partial charge in [0.15, 0.2) is 5.11 Å². The molecular weight excluding hydrogens is 344 g/mol. The molecule has 2 aliphatic rings. The molecule has 1 atom stereocenters. The van der Waals surface area contributed by atoms with Crippen LogP contribution in [0.3, 0.4) is 0 Å². The van der Waals surface area contributed by atoms with E-state index in [0.29, 0.717) is 11.2 Å². The molecule has 3 rings (SSSR count). The molecule has 1 fully saturated rings. The van der Waals surface area contributed by atoms with E-state index in [1.165, 1.54) is 24.6 Å². The maximum atomic E-state index is 12.1. The molecule has 0 unspecified atom stereocenters. The summed E-state index contributed by atoms with van der Waals surface area (Å²) in [5, 5.41) is 5.98. The molecule has 0 aromatic heterocycles. The summed E-state index contributed by atoms with van der Waals surface area (Å²) in [6.07, 6.45) is 4.72. The van der Waals surface area contributed by atoms with Crippen molar-refractivity contribution in [3.05, 3.63) is 24.3 Å². The highest BCUT2D eigenvalue weighted by molar-refractivity contribution is 8.01. The predicted octanol–water partition coefficient (Wildman–Crippen LogP) is 1.93. The van der Waals surface area contributed by atoms with Gasteiger partial charge in [-0.15, -0.1) is 11.8 Å². The van der Waals surface area contributed by atoms with Crippen LogP contribution < -0.4 is 21.5 Å². The first-order chi connectivity index (χ1) is 11.6. The minimum Gasteiger partial charge on any atom is -0.359 e. The van der Waals surface area contributed by atoms with Crippen LogP contribution in [0.5, 0.6) is 0 Å². The number of thioether (sulfide) groups is 1. The Morgan fingerprint density at radius 3 is 2.79 bits per heavy atom. The summed E-state index contributed by atoms with van der Waals surface area (Å²) < 4.78 is 0. The number of fused-ring (bicyclic) bond motifs is 1. The Kier molecular flexibility index (Phi) is 5.57. The van der Waals surface area contributed by atoms with E-state index < -0.39 is 5.25 Å². The lowest BCUT2D eigenvalue weighted by atomic mass is 10.2. The molecular formula is C16H20N4O2S2. The highest BCUT2D eigenvalue weighted by atomic mass is 32.2. The van der Waals surface area contributed by atoms with Crippen LogP contribution in [0.1, 0.15) is 32.1 Å². The van der Waals surface area contributed by atoms with Crippen LogP contribution in [-0.2, 0) is 9.59 Å². The van der Waals surface area contributed by atoms with Gasteiger partial charge in [-0.25, -0.2) is 0 Å².